The maximum absolute atomic E-state index is 5.59. The van der Waals surface area contributed by atoms with Crippen LogP contribution in [0, 0.1) is 0 Å². The van der Waals surface area contributed by atoms with Crippen LogP contribution >= 0.6 is 0 Å². The Morgan fingerprint density at radius 3 is 3.08 bits per heavy atom. The molecule has 2 aromatic heterocycles. The highest BCUT2D eigenvalue weighted by atomic mass is 16.5. The van der Waals surface area contributed by atoms with Gasteiger partial charge < -0.3 is 10.1 Å². The third-order valence-corrected chi connectivity index (χ3v) is 4.14. The molecule has 1 N–H and O–H groups in total. The highest BCUT2D eigenvalue weighted by molar-refractivity contribution is 5.46. The van der Waals surface area contributed by atoms with E-state index in [-0.39, 0.29) is 0 Å². The summed E-state index contributed by atoms with van der Waals surface area (Å²) in [5.41, 5.74) is 1.31. The van der Waals surface area contributed by atoms with Gasteiger partial charge in [-0.1, -0.05) is 12.1 Å². The molecular formula is C18H19N5O. The lowest BCUT2D eigenvalue weighted by atomic mass is 10.1. The molecule has 2 atom stereocenters. The van der Waals surface area contributed by atoms with Crippen molar-refractivity contribution in [1.82, 2.24) is 19.5 Å². The number of ether oxygens (including phenoxy) is 1. The van der Waals surface area contributed by atoms with Crippen molar-refractivity contribution >= 4 is 5.82 Å². The summed E-state index contributed by atoms with van der Waals surface area (Å²) in [6.45, 7) is 2.69. The molecule has 1 fully saturated rings. The Kier molecular flexibility index (Phi) is 3.86. The minimum atomic E-state index is 0.396. The standard InChI is InChI=1S/C18H19N5O/c1-2-24-14-5-3-4-13(8-14)15-9-16(15)22-17-10-18(21-11-20-17)23-7-6-19-12-23/h3-8,10-12,15-16H,2,9H2,1H3,(H,20,21,22)/t15-,16+/m1/s1. The highest BCUT2D eigenvalue weighted by Crippen LogP contribution is 2.43. The predicted octanol–water partition coefficient (Wildman–Crippen LogP) is 3.03. The van der Waals surface area contributed by atoms with E-state index in [0.717, 1.165) is 23.8 Å². The van der Waals surface area contributed by atoms with E-state index in [2.05, 4.69) is 38.5 Å². The zero-order valence-corrected chi connectivity index (χ0v) is 13.5. The van der Waals surface area contributed by atoms with E-state index in [1.165, 1.54) is 5.56 Å². The third-order valence-electron chi connectivity index (χ3n) is 4.14. The molecule has 0 saturated heterocycles. The van der Waals surface area contributed by atoms with Crippen LogP contribution in [-0.2, 0) is 0 Å². The second-order valence-electron chi connectivity index (χ2n) is 5.83. The summed E-state index contributed by atoms with van der Waals surface area (Å²) >= 11 is 0. The van der Waals surface area contributed by atoms with E-state index in [4.69, 9.17) is 4.74 Å². The van der Waals surface area contributed by atoms with Gasteiger partial charge in [0.1, 0.15) is 30.0 Å². The number of benzene rings is 1. The average Bonchev–Trinajstić information content (AvgIpc) is 3.15. The zero-order valence-electron chi connectivity index (χ0n) is 13.5. The molecule has 1 aromatic carbocycles. The Hall–Kier alpha value is -2.89. The van der Waals surface area contributed by atoms with Crippen molar-refractivity contribution in [3.63, 3.8) is 0 Å². The van der Waals surface area contributed by atoms with E-state index >= 15 is 0 Å². The second kappa shape index (κ2) is 6.31. The Morgan fingerprint density at radius 2 is 2.25 bits per heavy atom. The van der Waals surface area contributed by atoms with Crippen molar-refractivity contribution in [1.29, 1.82) is 0 Å². The molecule has 3 aromatic rings. The number of nitrogens with one attached hydrogen (secondary N) is 1. The minimum absolute atomic E-state index is 0.396. The predicted molar refractivity (Wildman–Crippen MR) is 91.5 cm³/mol. The maximum atomic E-state index is 5.59. The monoisotopic (exact) mass is 321 g/mol. The largest absolute Gasteiger partial charge is 0.494 e. The summed E-state index contributed by atoms with van der Waals surface area (Å²) in [7, 11) is 0. The smallest absolute Gasteiger partial charge is 0.143 e. The molecule has 2 heterocycles. The Balaban J connectivity index is 1.44. The van der Waals surface area contributed by atoms with Gasteiger partial charge in [0, 0.05) is 30.4 Å². The average molecular weight is 321 g/mol. The first kappa shape index (κ1) is 14.7. The molecule has 0 spiro atoms. The van der Waals surface area contributed by atoms with Crippen molar-refractivity contribution < 1.29 is 4.74 Å². The summed E-state index contributed by atoms with van der Waals surface area (Å²) in [5, 5.41) is 3.49. The van der Waals surface area contributed by atoms with Crippen LogP contribution in [0.1, 0.15) is 24.8 Å². The van der Waals surface area contributed by atoms with Gasteiger partial charge in [-0.3, -0.25) is 4.57 Å². The fourth-order valence-electron chi connectivity index (χ4n) is 2.88. The summed E-state index contributed by atoms with van der Waals surface area (Å²) in [5.74, 6) is 3.07. The topological polar surface area (TPSA) is 64.9 Å². The first-order valence-electron chi connectivity index (χ1n) is 8.13. The Morgan fingerprint density at radius 1 is 1.29 bits per heavy atom. The van der Waals surface area contributed by atoms with Gasteiger partial charge in [0.25, 0.3) is 0 Å². The van der Waals surface area contributed by atoms with Crippen LogP contribution in [-0.4, -0.2) is 32.2 Å². The highest BCUT2D eigenvalue weighted by Gasteiger charge is 2.38. The summed E-state index contributed by atoms with van der Waals surface area (Å²) in [4.78, 5) is 12.6. The zero-order chi connectivity index (χ0) is 16.4. The molecule has 0 radical (unpaired) electrons. The molecule has 0 unspecified atom stereocenters. The van der Waals surface area contributed by atoms with Crippen molar-refractivity contribution in [3.8, 4) is 11.6 Å². The van der Waals surface area contributed by atoms with E-state index < -0.39 is 0 Å². The molecule has 1 aliphatic carbocycles. The Bertz CT molecular complexity index is 818. The number of anilines is 1. The number of hydrogen-bond donors (Lipinski definition) is 1. The van der Waals surface area contributed by atoms with Crippen LogP contribution < -0.4 is 10.1 Å². The fraction of sp³-hybridized carbons (Fsp3) is 0.278. The van der Waals surface area contributed by atoms with Gasteiger partial charge in [0.2, 0.25) is 0 Å². The van der Waals surface area contributed by atoms with Gasteiger partial charge in [-0.25, -0.2) is 15.0 Å². The van der Waals surface area contributed by atoms with E-state index in [9.17, 15) is 0 Å². The van der Waals surface area contributed by atoms with Crippen LogP contribution in [0.2, 0.25) is 0 Å². The Labute approximate surface area is 140 Å². The first-order chi connectivity index (χ1) is 11.8. The van der Waals surface area contributed by atoms with Crippen LogP contribution in [0.3, 0.4) is 0 Å². The van der Waals surface area contributed by atoms with E-state index in [1.807, 2.05) is 29.8 Å². The second-order valence-corrected chi connectivity index (χ2v) is 5.83. The molecule has 6 nitrogen and oxygen atoms in total. The summed E-state index contributed by atoms with van der Waals surface area (Å²) < 4.78 is 7.45. The number of nitrogens with zero attached hydrogens (tertiary/aromatic N) is 4. The molecule has 0 bridgehead atoms. The quantitative estimate of drug-likeness (QED) is 0.756. The van der Waals surface area contributed by atoms with Gasteiger partial charge in [0.15, 0.2) is 0 Å². The lowest BCUT2D eigenvalue weighted by Crippen LogP contribution is -2.07. The normalized spacial score (nSPS) is 19.0. The molecule has 122 valence electrons. The van der Waals surface area contributed by atoms with Crippen molar-refractivity contribution in [2.45, 2.75) is 25.3 Å². The summed E-state index contributed by atoms with van der Waals surface area (Å²) in [6.07, 6.45) is 8.00. The molecular weight excluding hydrogens is 302 g/mol. The molecule has 1 saturated carbocycles. The van der Waals surface area contributed by atoms with Crippen LogP contribution in [0.4, 0.5) is 5.82 Å². The van der Waals surface area contributed by atoms with Crippen LogP contribution in [0.25, 0.3) is 5.82 Å². The van der Waals surface area contributed by atoms with Gasteiger partial charge >= 0.3 is 0 Å². The number of hydrogen-bond acceptors (Lipinski definition) is 5. The van der Waals surface area contributed by atoms with Crippen molar-refractivity contribution in [2.75, 3.05) is 11.9 Å². The molecule has 4 rings (SSSR count). The first-order valence-corrected chi connectivity index (χ1v) is 8.13. The maximum Gasteiger partial charge on any atom is 0.143 e. The van der Waals surface area contributed by atoms with E-state index in [0.29, 0.717) is 18.6 Å². The van der Waals surface area contributed by atoms with Gasteiger partial charge in [0.05, 0.1) is 6.61 Å². The minimum Gasteiger partial charge on any atom is -0.494 e. The van der Waals surface area contributed by atoms with Crippen molar-refractivity contribution in [2.24, 2.45) is 0 Å². The summed E-state index contributed by atoms with van der Waals surface area (Å²) in [6, 6.07) is 10.7. The molecule has 24 heavy (non-hydrogen) atoms. The van der Waals surface area contributed by atoms with Crippen LogP contribution in [0.5, 0.6) is 5.75 Å². The van der Waals surface area contributed by atoms with Crippen LogP contribution in [0.15, 0.2) is 55.4 Å². The number of rotatable bonds is 6. The van der Waals surface area contributed by atoms with E-state index in [1.54, 1.807) is 18.9 Å². The SMILES string of the molecule is CCOc1cccc([C@H]2C[C@@H]2Nc2cc(-n3ccnc3)ncn2)c1. The lowest BCUT2D eigenvalue weighted by Gasteiger charge is -2.08. The van der Waals surface area contributed by atoms with Gasteiger partial charge in [-0.2, -0.15) is 0 Å². The van der Waals surface area contributed by atoms with Crippen molar-refractivity contribution in [3.05, 3.63) is 60.9 Å². The molecule has 6 heteroatoms. The third kappa shape index (κ3) is 3.08. The molecule has 0 aliphatic heterocycles. The lowest BCUT2D eigenvalue weighted by molar-refractivity contribution is 0.340. The van der Waals surface area contributed by atoms with Gasteiger partial charge in [-0.05, 0) is 31.0 Å². The molecule has 1 aliphatic rings. The van der Waals surface area contributed by atoms with Gasteiger partial charge in [-0.15, -0.1) is 0 Å². The number of aromatic nitrogens is 4. The number of imidazole rings is 1. The molecule has 0 amide bonds. The fourth-order valence-corrected chi connectivity index (χ4v) is 2.88.